The summed E-state index contributed by atoms with van der Waals surface area (Å²) in [6.45, 7) is 2.10. The summed E-state index contributed by atoms with van der Waals surface area (Å²) in [6.07, 6.45) is 0. The van der Waals surface area contributed by atoms with Gasteiger partial charge in [-0.25, -0.2) is 0 Å². The zero-order valence-corrected chi connectivity index (χ0v) is 18.9. The van der Waals surface area contributed by atoms with E-state index >= 15 is 0 Å². The predicted molar refractivity (Wildman–Crippen MR) is 119 cm³/mol. The number of aryl methyl sites for hydroxylation is 1. The summed E-state index contributed by atoms with van der Waals surface area (Å²) in [4.78, 5) is 17.4. The van der Waals surface area contributed by atoms with Crippen LogP contribution in [-0.4, -0.2) is 32.2 Å². The van der Waals surface area contributed by atoms with Crippen LogP contribution in [0.1, 0.15) is 21.6 Å². The Hall–Kier alpha value is -3.06. The lowest BCUT2D eigenvalue weighted by atomic mass is 10.1. The van der Waals surface area contributed by atoms with Gasteiger partial charge in [-0.1, -0.05) is 28.1 Å². The fourth-order valence-electron chi connectivity index (χ4n) is 3.11. The standard InChI is InChI=1S/C23H23BrN2O4/c1-14-18(8-9-19(26-14)15-6-5-7-17(24)10-15)23(27)25-13-16-11-21(29-3)22(30-4)12-20(16)28-2/h5-12H,13H2,1-4H3,(H,25,27). The van der Waals surface area contributed by atoms with Gasteiger partial charge in [-0.15, -0.1) is 0 Å². The summed E-state index contributed by atoms with van der Waals surface area (Å²) in [5.41, 5.74) is 3.75. The number of aromatic nitrogens is 1. The molecule has 0 atom stereocenters. The maximum absolute atomic E-state index is 12.8. The largest absolute Gasteiger partial charge is 0.496 e. The maximum atomic E-state index is 12.8. The van der Waals surface area contributed by atoms with Gasteiger partial charge in [0.15, 0.2) is 11.5 Å². The van der Waals surface area contributed by atoms with E-state index in [0.717, 1.165) is 21.3 Å². The van der Waals surface area contributed by atoms with Crippen molar-refractivity contribution in [3.63, 3.8) is 0 Å². The highest BCUT2D eigenvalue weighted by molar-refractivity contribution is 9.10. The van der Waals surface area contributed by atoms with Crippen LogP contribution in [0.5, 0.6) is 17.2 Å². The van der Waals surface area contributed by atoms with Gasteiger partial charge in [-0.3, -0.25) is 9.78 Å². The molecule has 0 aliphatic carbocycles. The molecule has 0 spiro atoms. The molecule has 156 valence electrons. The van der Waals surface area contributed by atoms with Crippen LogP contribution < -0.4 is 19.5 Å². The Labute approximate surface area is 184 Å². The molecule has 3 aromatic rings. The molecule has 1 heterocycles. The van der Waals surface area contributed by atoms with Crippen LogP contribution in [0.4, 0.5) is 0 Å². The van der Waals surface area contributed by atoms with Gasteiger partial charge in [0.1, 0.15) is 5.75 Å². The lowest BCUT2D eigenvalue weighted by Gasteiger charge is -2.15. The number of hydrogen-bond acceptors (Lipinski definition) is 5. The first kappa shape index (κ1) is 21.6. The lowest BCUT2D eigenvalue weighted by molar-refractivity contribution is 0.0949. The fraction of sp³-hybridized carbons (Fsp3) is 0.217. The van der Waals surface area contributed by atoms with Crippen LogP contribution in [0.15, 0.2) is 53.0 Å². The van der Waals surface area contributed by atoms with Crippen molar-refractivity contribution >= 4 is 21.8 Å². The number of ether oxygens (including phenoxy) is 3. The Kier molecular flexibility index (Phi) is 6.95. The molecule has 0 saturated heterocycles. The maximum Gasteiger partial charge on any atom is 0.253 e. The van der Waals surface area contributed by atoms with Gasteiger partial charge < -0.3 is 19.5 Å². The number of pyridine rings is 1. The number of halogens is 1. The fourth-order valence-corrected chi connectivity index (χ4v) is 3.51. The molecule has 1 aromatic heterocycles. The number of hydrogen-bond donors (Lipinski definition) is 1. The molecule has 30 heavy (non-hydrogen) atoms. The smallest absolute Gasteiger partial charge is 0.253 e. The molecule has 1 N–H and O–H groups in total. The Morgan fingerprint density at radius 1 is 0.967 bits per heavy atom. The molecule has 0 aliphatic rings. The quantitative estimate of drug-likeness (QED) is 0.538. The Morgan fingerprint density at radius 3 is 2.30 bits per heavy atom. The van der Waals surface area contributed by atoms with Crippen molar-refractivity contribution in [2.75, 3.05) is 21.3 Å². The van der Waals surface area contributed by atoms with Gasteiger partial charge in [-0.05, 0) is 37.3 Å². The van der Waals surface area contributed by atoms with Crippen LogP contribution in [0, 0.1) is 6.92 Å². The molecule has 6 nitrogen and oxygen atoms in total. The number of carbonyl (C=O) groups is 1. The molecule has 0 aliphatic heterocycles. The Bertz CT molecular complexity index is 1070. The van der Waals surface area contributed by atoms with Crippen molar-refractivity contribution in [3.05, 3.63) is 69.8 Å². The molecule has 0 unspecified atom stereocenters. The van der Waals surface area contributed by atoms with Crippen LogP contribution in [0.25, 0.3) is 11.3 Å². The molecule has 1 amide bonds. The van der Waals surface area contributed by atoms with E-state index in [9.17, 15) is 4.79 Å². The van der Waals surface area contributed by atoms with Crippen molar-refractivity contribution < 1.29 is 19.0 Å². The first-order valence-corrected chi connectivity index (χ1v) is 10.1. The predicted octanol–water partition coefficient (Wildman–Crippen LogP) is 4.78. The summed E-state index contributed by atoms with van der Waals surface area (Å²) in [5.74, 6) is 1.52. The van der Waals surface area contributed by atoms with E-state index < -0.39 is 0 Å². The number of benzene rings is 2. The van der Waals surface area contributed by atoms with Crippen molar-refractivity contribution in [1.29, 1.82) is 0 Å². The van der Waals surface area contributed by atoms with E-state index in [0.29, 0.717) is 28.5 Å². The second kappa shape index (κ2) is 9.63. The second-order valence-corrected chi connectivity index (χ2v) is 7.46. The molecule has 0 saturated carbocycles. The van der Waals surface area contributed by atoms with Gasteiger partial charge in [0.25, 0.3) is 5.91 Å². The van der Waals surface area contributed by atoms with Crippen molar-refractivity contribution in [1.82, 2.24) is 10.3 Å². The highest BCUT2D eigenvalue weighted by Crippen LogP contribution is 2.34. The molecule has 2 aromatic carbocycles. The minimum absolute atomic E-state index is 0.211. The van der Waals surface area contributed by atoms with E-state index in [2.05, 4.69) is 26.2 Å². The summed E-state index contributed by atoms with van der Waals surface area (Å²) < 4.78 is 17.0. The number of methoxy groups -OCH3 is 3. The zero-order valence-electron chi connectivity index (χ0n) is 17.3. The third kappa shape index (κ3) is 4.74. The van der Waals surface area contributed by atoms with Gasteiger partial charge in [0, 0.05) is 28.2 Å². The van der Waals surface area contributed by atoms with Crippen molar-refractivity contribution in [2.24, 2.45) is 0 Å². The van der Waals surface area contributed by atoms with Crippen LogP contribution in [-0.2, 0) is 6.54 Å². The third-order valence-corrected chi connectivity index (χ3v) is 5.17. The summed E-state index contributed by atoms with van der Waals surface area (Å²) in [7, 11) is 4.70. The van der Waals surface area contributed by atoms with E-state index in [4.69, 9.17) is 14.2 Å². The third-order valence-electron chi connectivity index (χ3n) is 4.68. The molecular formula is C23H23BrN2O4. The van der Waals surface area contributed by atoms with E-state index in [1.165, 1.54) is 0 Å². The highest BCUT2D eigenvalue weighted by Gasteiger charge is 2.15. The van der Waals surface area contributed by atoms with Gasteiger partial charge in [-0.2, -0.15) is 0 Å². The van der Waals surface area contributed by atoms with E-state index in [1.54, 1.807) is 39.5 Å². The SMILES string of the molecule is COc1cc(OC)c(OC)cc1CNC(=O)c1ccc(-c2cccc(Br)c2)nc1C. The van der Waals surface area contributed by atoms with Gasteiger partial charge in [0.2, 0.25) is 0 Å². The summed E-state index contributed by atoms with van der Waals surface area (Å²) in [5, 5.41) is 2.93. The number of nitrogens with zero attached hydrogens (tertiary/aromatic N) is 1. The normalized spacial score (nSPS) is 10.4. The summed E-state index contributed by atoms with van der Waals surface area (Å²) >= 11 is 3.47. The van der Waals surface area contributed by atoms with Gasteiger partial charge >= 0.3 is 0 Å². The molecular weight excluding hydrogens is 448 g/mol. The van der Waals surface area contributed by atoms with Crippen LogP contribution in [0.2, 0.25) is 0 Å². The average Bonchev–Trinajstić information content (AvgIpc) is 2.76. The first-order valence-electron chi connectivity index (χ1n) is 9.27. The highest BCUT2D eigenvalue weighted by atomic mass is 79.9. The monoisotopic (exact) mass is 470 g/mol. The van der Waals surface area contributed by atoms with E-state index in [-0.39, 0.29) is 12.5 Å². The van der Waals surface area contributed by atoms with Crippen molar-refractivity contribution in [2.45, 2.75) is 13.5 Å². The molecule has 3 rings (SSSR count). The first-order chi connectivity index (χ1) is 14.5. The average molecular weight is 471 g/mol. The molecule has 0 radical (unpaired) electrons. The van der Waals surface area contributed by atoms with Gasteiger partial charge in [0.05, 0.1) is 38.3 Å². The second-order valence-electron chi connectivity index (χ2n) is 6.54. The molecule has 0 bridgehead atoms. The zero-order chi connectivity index (χ0) is 21.7. The van der Waals surface area contributed by atoms with Crippen LogP contribution >= 0.6 is 15.9 Å². The number of nitrogens with one attached hydrogen (secondary N) is 1. The Balaban J connectivity index is 1.78. The topological polar surface area (TPSA) is 69.7 Å². The van der Waals surface area contributed by atoms with Crippen molar-refractivity contribution in [3.8, 4) is 28.5 Å². The minimum atomic E-state index is -0.211. The number of amides is 1. The molecule has 0 fully saturated rings. The minimum Gasteiger partial charge on any atom is -0.496 e. The van der Waals surface area contributed by atoms with E-state index in [1.807, 2.05) is 37.3 Å². The Morgan fingerprint density at radius 2 is 1.67 bits per heavy atom. The van der Waals surface area contributed by atoms with Crippen LogP contribution in [0.3, 0.4) is 0 Å². The molecule has 7 heteroatoms. The number of carbonyl (C=O) groups excluding carboxylic acids is 1. The summed E-state index contributed by atoms with van der Waals surface area (Å²) in [6, 6.07) is 15.1. The lowest BCUT2D eigenvalue weighted by Crippen LogP contribution is -2.24. The number of rotatable bonds is 7.